The molecule has 2 N–H and O–H groups in total. The highest BCUT2D eigenvalue weighted by atomic mass is 16.5. The fraction of sp³-hybridized carbons (Fsp3) is 0.464. The highest BCUT2D eigenvalue weighted by Gasteiger charge is 2.40. The fourth-order valence-electron chi connectivity index (χ4n) is 5.06. The Kier molecular flexibility index (Phi) is 7.15. The first kappa shape index (κ1) is 24.8. The zero-order valence-electron chi connectivity index (χ0n) is 20.6. The van der Waals surface area contributed by atoms with Gasteiger partial charge in [0.15, 0.2) is 0 Å². The number of carbonyl (C=O) groups excluding carboxylic acids is 2. The average Bonchev–Trinajstić information content (AvgIpc) is 3.10. The first-order valence-corrected chi connectivity index (χ1v) is 12.3. The number of carbonyl (C=O) groups is 3. The van der Waals surface area contributed by atoms with Gasteiger partial charge in [0, 0.05) is 25.4 Å². The summed E-state index contributed by atoms with van der Waals surface area (Å²) in [7, 11) is 0. The Hall–Kier alpha value is -3.35. The molecular formula is C28H34N2O5. The van der Waals surface area contributed by atoms with Crippen LogP contribution in [-0.2, 0) is 14.3 Å². The molecule has 0 unspecified atom stereocenters. The topological polar surface area (TPSA) is 95.9 Å². The lowest BCUT2D eigenvalue weighted by Crippen LogP contribution is -2.60. The highest BCUT2D eigenvalue weighted by molar-refractivity contribution is 5.87. The van der Waals surface area contributed by atoms with Crippen molar-refractivity contribution in [2.75, 3.05) is 19.7 Å². The van der Waals surface area contributed by atoms with E-state index in [0.717, 1.165) is 28.7 Å². The van der Waals surface area contributed by atoms with Gasteiger partial charge in [0.25, 0.3) is 0 Å². The Morgan fingerprint density at radius 3 is 2.14 bits per heavy atom. The van der Waals surface area contributed by atoms with Crippen LogP contribution in [0.25, 0.3) is 11.1 Å². The third-order valence-corrected chi connectivity index (χ3v) is 6.99. The molecule has 35 heavy (non-hydrogen) atoms. The summed E-state index contributed by atoms with van der Waals surface area (Å²) in [4.78, 5) is 38.5. The summed E-state index contributed by atoms with van der Waals surface area (Å²) < 4.78 is 5.67. The molecule has 1 saturated heterocycles. The summed E-state index contributed by atoms with van der Waals surface area (Å²) in [5, 5.41) is 11.6. The normalized spacial score (nSPS) is 16.1. The second-order valence-electron chi connectivity index (χ2n) is 10.7. The first-order valence-electron chi connectivity index (χ1n) is 12.3. The summed E-state index contributed by atoms with van der Waals surface area (Å²) in [6, 6.07) is 15.6. The van der Waals surface area contributed by atoms with Gasteiger partial charge < -0.3 is 20.1 Å². The number of ether oxygens (including phenoxy) is 1. The van der Waals surface area contributed by atoms with E-state index < -0.39 is 23.5 Å². The highest BCUT2D eigenvalue weighted by Crippen LogP contribution is 2.44. The van der Waals surface area contributed by atoms with Crippen molar-refractivity contribution in [2.24, 2.45) is 11.3 Å². The molecular weight excluding hydrogens is 444 g/mol. The van der Waals surface area contributed by atoms with Crippen LogP contribution < -0.4 is 5.32 Å². The number of fused-ring (bicyclic) bond motifs is 3. The Balaban J connectivity index is 1.35. The van der Waals surface area contributed by atoms with E-state index in [0.29, 0.717) is 25.4 Å². The number of rotatable bonds is 8. The van der Waals surface area contributed by atoms with Gasteiger partial charge in [-0.15, -0.1) is 0 Å². The second kappa shape index (κ2) is 10.1. The molecule has 0 saturated carbocycles. The molecule has 0 radical (unpaired) electrons. The number of hydrogen-bond donors (Lipinski definition) is 2. The maximum absolute atomic E-state index is 13.2. The van der Waals surface area contributed by atoms with Gasteiger partial charge in [-0.25, -0.2) is 4.79 Å². The summed E-state index contributed by atoms with van der Waals surface area (Å²) >= 11 is 0. The lowest BCUT2D eigenvalue weighted by molar-refractivity contribution is -0.143. The zero-order chi connectivity index (χ0) is 25.2. The molecule has 1 aliphatic heterocycles. The standard InChI is InChI=1S/C28H34N2O5/c1-28(2,3)25(26(33)30-15-18(16-30)9-8-14-24(31)32)29-27(34)35-17-23-21-12-6-4-10-19(21)20-11-5-7-13-22(20)23/h4-7,10-13,18,23,25H,8-9,14-17H2,1-3H3,(H,29,34)(H,31,32)/t25-/m0/s1. The van der Waals surface area contributed by atoms with E-state index >= 15 is 0 Å². The van der Waals surface area contributed by atoms with E-state index in [1.807, 2.05) is 45.0 Å². The second-order valence-corrected chi connectivity index (χ2v) is 10.7. The van der Waals surface area contributed by atoms with E-state index in [1.165, 1.54) is 0 Å². The van der Waals surface area contributed by atoms with Crippen LogP contribution in [0.2, 0.25) is 0 Å². The number of benzene rings is 2. The van der Waals surface area contributed by atoms with Crippen molar-refractivity contribution in [3.8, 4) is 11.1 Å². The van der Waals surface area contributed by atoms with E-state index in [4.69, 9.17) is 9.84 Å². The predicted octanol–water partition coefficient (Wildman–Crippen LogP) is 4.65. The van der Waals surface area contributed by atoms with Gasteiger partial charge in [0.05, 0.1) is 0 Å². The molecule has 1 aliphatic carbocycles. The first-order chi connectivity index (χ1) is 16.6. The third kappa shape index (κ3) is 5.50. The summed E-state index contributed by atoms with van der Waals surface area (Å²) in [5.41, 5.74) is 4.11. The van der Waals surface area contributed by atoms with Crippen LogP contribution in [0, 0.1) is 11.3 Å². The van der Waals surface area contributed by atoms with Crippen molar-refractivity contribution >= 4 is 18.0 Å². The molecule has 2 aromatic carbocycles. The maximum atomic E-state index is 13.2. The quantitative estimate of drug-likeness (QED) is 0.576. The molecule has 0 aromatic heterocycles. The number of hydrogen-bond acceptors (Lipinski definition) is 4. The molecule has 1 atom stereocenters. The van der Waals surface area contributed by atoms with Crippen LogP contribution >= 0.6 is 0 Å². The molecule has 2 aliphatic rings. The van der Waals surface area contributed by atoms with E-state index in [1.54, 1.807) is 4.90 Å². The number of nitrogens with zero attached hydrogens (tertiary/aromatic N) is 1. The number of nitrogens with one attached hydrogen (secondary N) is 1. The lowest BCUT2D eigenvalue weighted by atomic mass is 9.84. The number of likely N-dealkylation sites (tertiary alicyclic amines) is 1. The van der Waals surface area contributed by atoms with Gasteiger partial charge >= 0.3 is 12.1 Å². The van der Waals surface area contributed by atoms with Crippen molar-refractivity contribution in [1.82, 2.24) is 10.2 Å². The molecule has 0 bridgehead atoms. The van der Waals surface area contributed by atoms with Gasteiger partial charge in [-0.2, -0.15) is 0 Å². The Labute approximate surface area is 206 Å². The van der Waals surface area contributed by atoms with Crippen molar-refractivity contribution in [3.05, 3.63) is 59.7 Å². The minimum atomic E-state index is -0.794. The number of alkyl carbamates (subject to hydrolysis) is 1. The van der Waals surface area contributed by atoms with Crippen LogP contribution in [-0.4, -0.2) is 53.7 Å². The monoisotopic (exact) mass is 478 g/mol. The van der Waals surface area contributed by atoms with E-state index in [2.05, 4.69) is 29.6 Å². The van der Waals surface area contributed by atoms with Crippen molar-refractivity contribution in [2.45, 2.75) is 52.0 Å². The molecule has 2 amide bonds. The molecule has 0 spiro atoms. The third-order valence-electron chi connectivity index (χ3n) is 6.99. The number of amides is 2. The molecule has 1 fully saturated rings. The lowest BCUT2D eigenvalue weighted by Gasteiger charge is -2.43. The Morgan fingerprint density at radius 2 is 1.60 bits per heavy atom. The van der Waals surface area contributed by atoms with Gasteiger partial charge in [-0.1, -0.05) is 69.3 Å². The number of carboxylic acids is 1. The molecule has 1 heterocycles. The van der Waals surface area contributed by atoms with Crippen LogP contribution in [0.4, 0.5) is 4.79 Å². The van der Waals surface area contributed by atoms with Crippen LogP contribution in [0.15, 0.2) is 48.5 Å². The summed E-state index contributed by atoms with van der Waals surface area (Å²) in [6.45, 7) is 7.14. The fourth-order valence-corrected chi connectivity index (χ4v) is 5.06. The summed E-state index contributed by atoms with van der Waals surface area (Å²) in [6.07, 6.45) is 0.954. The average molecular weight is 479 g/mol. The van der Waals surface area contributed by atoms with E-state index in [9.17, 15) is 14.4 Å². The van der Waals surface area contributed by atoms with Crippen molar-refractivity contribution in [1.29, 1.82) is 0 Å². The van der Waals surface area contributed by atoms with Gasteiger partial charge in [0.1, 0.15) is 12.6 Å². The van der Waals surface area contributed by atoms with Gasteiger partial charge in [-0.05, 0) is 46.4 Å². The van der Waals surface area contributed by atoms with Crippen LogP contribution in [0.1, 0.15) is 57.1 Å². The van der Waals surface area contributed by atoms with Gasteiger partial charge in [0.2, 0.25) is 5.91 Å². The maximum Gasteiger partial charge on any atom is 0.407 e. The molecule has 7 nitrogen and oxygen atoms in total. The van der Waals surface area contributed by atoms with E-state index in [-0.39, 0.29) is 24.9 Å². The minimum Gasteiger partial charge on any atom is -0.481 e. The Bertz CT molecular complexity index is 1060. The smallest absolute Gasteiger partial charge is 0.407 e. The Morgan fingerprint density at radius 1 is 1.03 bits per heavy atom. The number of carboxylic acid groups (broad SMARTS) is 1. The molecule has 186 valence electrons. The largest absolute Gasteiger partial charge is 0.481 e. The predicted molar refractivity (Wildman–Crippen MR) is 133 cm³/mol. The number of aliphatic carboxylic acids is 1. The van der Waals surface area contributed by atoms with Crippen LogP contribution in [0.3, 0.4) is 0 Å². The van der Waals surface area contributed by atoms with Gasteiger partial charge in [-0.3, -0.25) is 9.59 Å². The van der Waals surface area contributed by atoms with Crippen LogP contribution in [0.5, 0.6) is 0 Å². The molecule has 7 heteroatoms. The van der Waals surface area contributed by atoms with Crippen molar-refractivity contribution in [3.63, 3.8) is 0 Å². The molecule has 2 aromatic rings. The molecule has 4 rings (SSSR count). The zero-order valence-corrected chi connectivity index (χ0v) is 20.6. The van der Waals surface area contributed by atoms with Crippen molar-refractivity contribution < 1.29 is 24.2 Å². The SMILES string of the molecule is CC(C)(C)[C@@H](NC(=O)OCC1c2ccccc2-c2ccccc21)C(=O)N1CC(CCCC(=O)O)C1. The summed E-state index contributed by atoms with van der Waals surface area (Å²) in [5.74, 6) is -0.648. The minimum absolute atomic E-state index is 0.0427.